The molecule has 2 N–H and O–H groups in total. The number of hydrogen-bond acceptors (Lipinski definition) is 5. The number of nitrogens with zero attached hydrogens (tertiary/aromatic N) is 1. The first-order valence-corrected chi connectivity index (χ1v) is 9.95. The van der Waals surface area contributed by atoms with Crippen LogP contribution >= 0.6 is 12.4 Å². The first kappa shape index (κ1) is 23.9. The summed E-state index contributed by atoms with van der Waals surface area (Å²) in [5.74, 6) is -0.142. The second kappa shape index (κ2) is 11.0. The van der Waals surface area contributed by atoms with Gasteiger partial charge in [0.2, 0.25) is 10.0 Å². The normalized spacial score (nSPS) is 11.0. The molecule has 2 aromatic carbocycles. The van der Waals surface area contributed by atoms with Crippen LogP contribution in [0.15, 0.2) is 53.4 Å². The Morgan fingerprint density at radius 3 is 2.39 bits per heavy atom. The minimum absolute atomic E-state index is 0. The summed E-state index contributed by atoms with van der Waals surface area (Å²) in [6, 6.07) is 13.7. The average molecular weight is 428 g/mol. The highest BCUT2D eigenvalue weighted by Gasteiger charge is 2.26. The molecule has 7 nitrogen and oxygen atoms in total. The summed E-state index contributed by atoms with van der Waals surface area (Å²) in [5, 5.41) is 5.66. The van der Waals surface area contributed by atoms with Gasteiger partial charge < -0.3 is 15.4 Å². The lowest BCUT2D eigenvalue weighted by atomic mass is 10.2. The van der Waals surface area contributed by atoms with Crippen molar-refractivity contribution >= 4 is 28.3 Å². The van der Waals surface area contributed by atoms with E-state index in [2.05, 4.69) is 10.6 Å². The summed E-state index contributed by atoms with van der Waals surface area (Å²) in [7, 11) is 0.842. The zero-order valence-corrected chi connectivity index (χ0v) is 17.8. The lowest BCUT2D eigenvalue weighted by Crippen LogP contribution is -2.31. The molecular formula is C19H26ClN3O4S. The van der Waals surface area contributed by atoms with Crippen molar-refractivity contribution in [2.24, 2.45) is 0 Å². The maximum atomic E-state index is 13.1. The van der Waals surface area contributed by atoms with Gasteiger partial charge in [-0.3, -0.25) is 4.79 Å². The van der Waals surface area contributed by atoms with E-state index in [9.17, 15) is 13.2 Å². The van der Waals surface area contributed by atoms with E-state index in [-0.39, 0.29) is 41.1 Å². The fourth-order valence-corrected chi connectivity index (χ4v) is 3.85. The van der Waals surface area contributed by atoms with Crippen molar-refractivity contribution < 1.29 is 17.9 Å². The molecule has 2 rings (SSSR count). The molecule has 9 heteroatoms. The van der Waals surface area contributed by atoms with Gasteiger partial charge in [-0.25, -0.2) is 8.42 Å². The lowest BCUT2D eigenvalue weighted by Gasteiger charge is -2.19. The summed E-state index contributed by atoms with van der Waals surface area (Å²) in [6.07, 6.45) is 0. The number of amides is 1. The Kier molecular flexibility index (Phi) is 9.40. The summed E-state index contributed by atoms with van der Waals surface area (Å²) in [6.45, 7) is 1.27. The van der Waals surface area contributed by atoms with Gasteiger partial charge in [-0.05, 0) is 30.8 Å². The standard InChI is InChI=1S/C19H25N3O4S.ClH/c1-20-11-12-21-19(23)16-9-10-17(26-3)18(13-16)27(24,25)22(2)14-15-7-5-4-6-8-15;/h4-10,13,20H,11-12,14H2,1-3H3,(H,21,23);1H. The second-order valence-electron chi connectivity index (χ2n) is 5.97. The van der Waals surface area contributed by atoms with Gasteiger partial charge in [-0.1, -0.05) is 30.3 Å². The third-order valence-corrected chi connectivity index (χ3v) is 5.85. The smallest absolute Gasteiger partial charge is 0.251 e. The number of halogens is 1. The minimum Gasteiger partial charge on any atom is -0.495 e. The fraction of sp³-hybridized carbons (Fsp3) is 0.316. The Balaban J connectivity index is 0.00000392. The van der Waals surface area contributed by atoms with E-state index in [4.69, 9.17) is 4.74 Å². The number of hydrogen-bond donors (Lipinski definition) is 2. The minimum atomic E-state index is -3.85. The number of carbonyl (C=O) groups excluding carboxylic acids is 1. The van der Waals surface area contributed by atoms with Crippen molar-refractivity contribution in [1.29, 1.82) is 0 Å². The van der Waals surface area contributed by atoms with Crippen molar-refractivity contribution in [3.05, 3.63) is 59.7 Å². The van der Waals surface area contributed by atoms with E-state index < -0.39 is 10.0 Å². The fourth-order valence-electron chi connectivity index (χ4n) is 2.52. The molecule has 154 valence electrons. The molecule has 2 aromatic rings. The average Bonchev–Trinajstić information content (AvgIpc) is 2.68. The quantitative estimate of drug-likeness (QED) is 0.596. The van der Waals surface area contributed by atoms with Gasteiger partial charge >= 0.3 is 0 Å². The molecule has 0 radical (unpaired) electrons. The summed E-state index contributed by atoms with van der Waals surface area (Å²) >= 11 is 0. The maximum Gasteiger partial charge on any atom is 0.251 e. The van der Waals surface area contributed by atoms with E-state index in [1.165, 1.54) is 30.6 Å². The number of methoxy groups -OCH3 is 1. The van der Waals surface area contributed by atoms with Crippen LogP contribution in [0.2, 0.25) is 0 Å². The first-order chi connectivity index (χ1) is 12.9. The molecule has 0 aliphatic heterocycles. The molecule has 1 amide bonds. The summed E-state index contributed by atoms with van der Waals surface area (Å²) in [4.78, 5) is 12.2. The highest BCUT2D eigenvalue weighted by atomic mass is 35.5. The van der Waals surface area contributed by atoms with Gasteiger partial charge in [0.15, 0.2) is 0 Å². The first-order valence-electron chi connectivity index (χ1n) is 8.51. The van der Waals surface area contributed by atoms with Crippen LogP contribution in [0.25, 0.3) is 0 Å². The van der Waals surface area contributed by atoms with Gasteiger partial charge in [0.1, 0.15) is 10.6 Å². The van der Waals surface area contributed by atoms with Crippen molar-refractivity contribution in [1.82, 2.24) is 14.9 Å². The van der Waals surface area contributed by atoms with Crippen LogP contribution < -0.4 is 15.4 Å². The number of benzene rings is 2. The predicted octanol–water partition coefficient (Wildman–Crippen LogP) is 1.89. The van der Waals surface area contributed by atoms with Crippen LogP contribution in [0, 0.1) is 0 Å². The summed E-state index contributed by atoms with van der Waals surface area (Å²) in [5.41, 5.74) is 1.13. The van der Waals surface area contributed by atoms with E-state index in [0.717, 1.165) is 5.56 Å². The Hall–Kier alpha value is -2.13. The van der Waals surface area contributed by atoms with Crippen LogP contribution in [0.4, 0.5) is 0 Å². The van der Waals surface area contributed by atoms with Crippen molar-refractivity contribution in [3.63, 3.8) is 0 Å². The Labute approximate surface area is 172 Å². The molecule has 28 heavy (non-hydrogen) atoms. The van der Waals surface area contributed by atoms with Crippen LogP contribution in [-0.4, -0.2) is 52.9 Å². The molecule has 0 fully saturated rings. The zero-order chi connectivity index (χ0) is 19.9. The van der Waals surface area contributed by atoms with Gasteiger partial charge in [-0.2, -0.15) is 4.31 Å². The van der Waals surface area contributed by atoms with Gasteiger partial charge in [0.25, 0.3) is 5.91 Å². The zero-order valence-electron chi connectivity index (χ0n) is 16.1. The molecule has 0 spiro atoms. The molecule has 0 aromatic heterocycles. The monoisotopic (exact) mass is 427 g/mol. The number of nitrogens with one attached hydrogen (secondary N) is 2. The van der Waals surface area contributed by atoms with Gasteiger partial charge in [-0.15, -0.1) is 12.4 Å². The molecule has 0 heterocycles. The number of carbonyl (C=O) groups is 1. The van der Waals surface area contributed by atoms with Crippen LogP contribution in [0.1, 0.15) is 15.9 Å². The van der Waals surface area contributed by atoms with E-state index >= 15 is 0 Å². The van der Waals surface area contributed by atoms with Crippen molar-refractivity contribution in [2.45, 2.75) is 11.4 Å². The highest BCUT2D eigenvalue weighted by molar-refractivity contribution is 7.89. The molecule has 0 aliphatic carbocycles. The van der Waals surface area contributed by atoms with E-state index in [0.29, 0.717) is 13.1 Å². The predicted molar refractivity (Wildman–Crippen MR) is 112 cm³/mol. The Morgan fingerprint density at radius 1 is 1.11 bits per heavy atom. The molecule has 0 atom stereocenters. The molecule has 0 bridgehead atoms. The maximum absolute atomic E-state index is 13.1. The van der Waals surface area contributed by atoms with Crippen LogP contribution in [0.5, 0.6) is 5.75 Å². The third kappa shape index (κ3) is 5.93. The number of rotatable bonds is 9. The molecule has 0 unspecified atom stereocenters. The SMILES string of the molecule is CNCCNC(=O)c1ccc(OC)c(S(=O)(=O)N(C)Cc2ccccc2)c1.Cl. The van der Waals surface area contributed by atoms with Crippen molar-refractivity contribution in [3.8, 4) is 5.75 Å². The van der Waals surface area contributed by atoms with Crippen molar-refractivity contribution in [2.75, 3.05) is 34.3 Å². The van der Waals surface area contributed by atoms with E-state index in [1.807, 2.05) is 30.3 Å². The molecule has 0 aliphatic rings. The Morgan fingerprint density at radius 2 is 1.79 bits per heavy atom. The van der Waals surface area contributed by atoms with Crippen LogP contribution in [-0.2, 0) is 16.6 Å². The highest BCUT2D eigenvalue weighted by Crippen LogP contribution is 2.28. The number of likely N-dealkylation sites (N-methyl/N-ethyl adjacent to an activating group) is 1. The van der Waals surface area contributed by atoms with E-state index in [1.54, 1.807) is 13.1 Å². The topological polar surface area (TPSA) is 87.7 Å². The van der Waals surface area contributed by atoms with Gasteiger partial charge in [0.05, 0.1) is 7.11 Å². The second-order valence-corrected chi connectivity index (χ2v) is 7.99. The number of sulfonamides is 1. The number of ether oxygens (including phenoxy) is 1. The van der Waals surface area contributed by atoms with Gasteiger partial charge in [0, 0.05) is 32.2 Å². The summed E-state index contributed by atoms with van der Waals surface area (Å²) < 4.78 is 32.6. The Bertz CT molecular complexity index is 876. The molecule has 0 saturated heterocycles. The largest absolute Gasteiger partial charge is 0.495 e. The van der Waals surface area contributed by atoms with Crippen LogP contribution in [0.3, 0.4) is 0 Å². The lowest BCUT2D eigenvalue weighted by molar-refractivity contribution is 0.0954. The third-order valence-electron chi connectivity index (χ3n) is 4.02. The molecular weight excluding hydrogens is 402 g/mol. The molecule has 0 saturated carbocycles.